The number of morpholine rings is 1. The van der Waals surface area contributed by atoms with Crippen molar-refractivity contribution in [3.05, 3.63) is 47.5 Å². The number of carbonyl (C=O) groups is 1. The van der Waals surface area contributed by atoms with E-state index in [0.717, 1.165) is 16.9 Å². The molecular weight excluding hydrogens is 347 g/mol. The highest BCUT2D eigenvalue weighted by atomic mass is 35.5. The lowest BCUT2D eigenvalue weighted by Gasteiger charge is -2.24. The third kappa shape index (κ3) is 4.36. The topological polar surface area (TPSA) is 68.2 Å². The number of nitrogens with zero attached hydrogens (tertiary/aromatic N) is 2. The zero-order valence-electron chi connectivity index (χ0n) is 14.2. The van der Waals surface area contributed by atoms with Crippen molar-refractivity contribution in [2.75, 3.05) is 19.8 Å². The van der Waals surface area contributed by atoms with Crippen molar-refractivity contribution in [3.8, 4) is 5.69 Å². The molecule has 1 aliphatic rings. The number of aromatic nitrogens is 2. The zero-order valence-corrected chi connectivity index (χ0v) is 15.0. The second-order valence-corrected chi connectivity index (χ2v) is 5.89. The number of amides is 1. The van der Waals surface area contributed by atoms with E-state index in [4.69, 9.17) is 4.74 Å². The normalized spacial score (nSPS) is 18.3. The summed E-state index contributed by atoms with van der Waals surface area (Å²) in [6.45, 7) is 5.53. The van der Waals surface area contributed by atoms with Gasteiger partial charge in [0.05, 0.1) is 31.1 Å². The SMILES string of the molecule is Cc1c(C(C)NC(=O)C2COCCN2)cnn1-c1ccc(F)cc1.Cl. The minimum Gasteiger partial charge on any atom is -0.378 e. The molecule has 0 spiro atoms. The molecule has 1 amide bonds. The molecule has 0 saturated carbocycles. The molecule has 2 atom stereocenters. The Bertz CT molecular complexity index is 714. The third-order valence-corrected chi connectivity index (χ3v) is 4.18. The summed E-state index contributed by atoms with van der Waals surface area (Å²) in [7, 11) is 0. The molecule has 2 N–H and O–H groups in total. The molecule has 2 heterocycles. The Hall–Kier alpha value is -1.96. The van der Waals surface area contributed by atoms with Crippen LogP contribution in [-0.2, 0) is 9.53 Å². The summed E-state index contributed by atoms with van der Waals surface area (Å²) in [5.74, 6) is -0.372. The van der Waals surface area contributed by atoms with Crippen molar-refractivity contribution in [1.82, 2.24) is 20.4 Å². The van der Waals surface area contributed by atoms with Gasteiger partial charge in [-0.2, -0.15) is 5.10 Å². The van der Waals surface area contributed by atoms with Crippen LogP contribution >= 0.6 is 12.4 Å². The molecule has 1 aromatic heterocycles. The summed E-state index contributed by atoms with van der Waals surface area (Å²) in [5, 5.41) is 10.5. The highest BCUT2D eigenvalue weighted by Gasteiger charge is 2.24. The lowest BCUT2D eigenvalue weighted by atomic mass is 10.1. The van der Waals surface area contributed by atoms with Crippen molar-refractivity contribution >= 4 is 18.3 Å². The minimum absolute atomic E-state index is 0. The predicted molar refractivity (Wildman–Crippen MR) is 94.7 cm³/mol. The molecule has 0 bridgehead atoms. The predicted octanol–water partition coefficient (Wildman–Crippen LogP) is 1.91. The average molecular weight is 369 g/mol. The van der Waals surface area contributed by atoms with Gasteiger partial charge in [-0.1, -0.05) is 0 Å². The lowest BCUT2D eigenvalue weighted by Crippen LogP contribution is -2.51. The molecule has 3 rings (SSSR count). The number of carbonyl (C=O) groups excluding carboxylic acids is 1. The van der Waals surface area contributed by atoms with Crippen LogP contribution in [-0.4, -0.2) is 41.5 Å². The number of benzene rings is 1. The summed E-state index contributed by atoms with van der Waals surface area (Å²) >= 11 is 0. The number of hydrogen-bond donors (Lipinski definition) is 2. The van der Waals surface area contributed by atoms with Crippen molar-refractivity contribution in [2.24, 2.45) is 0 Å². The number of hydrogen-bond acceptors (Lipinski definition) is 4. The molecule has 136 valence electrons. The van der Waals surface area contributed by atoms with E-state index in [1.54, 1.807) is 23.0 Å². The molecule has 1 aromatic carbocycles. The molecule has 0 radical (unpaired) electrons. The van der Waals surface area contributed by atoms with Gasteiger partial charge in [-0.15, -0.1) is 12.4 Å². The van der Waals surface area contributed by atoms with E-state index in [0.29, 0.717) is 19.8 Å². The largest absolute Gasteiger partial charge is 0.378 e. The molecule has 2 unspecified atom stereocenters. The van der Waals surface area contributed by atoms with E-state index >= 15 is 0 Å². The number of halogens is 2. The van der Waals surface area contributed by atoms with Crippen LogP contribution in [0.5, 0.6) is 0 Å². The Balaban J connectivity index is 0.00000225. The molecule has 1 saturated heterocycles. The smallest absolute Gasteiger partial charge is 0.240 e. The molecule has 25 heavy (non-hydrogen) atoms. The van der Waals surface area contributed by atoms with Gasteiger partial charge in [0.25, 0.3) is 0 Å². The van der Waals surface area contributed by atoms with Gasteiger partial charge in [0.1, 0.15) is 11.9 Å². The van der Waals surface area contributed by atoms with Gasteiger partial charge in [0, 0.05) is 17.8 Å². The van der Waals surface area contributed by atoms with Crippen LogP contribution in [0, 0.1) is 12.7 Å². The van der Waals surface area contributed by atoms with E-state index < -0.39 is 0 Å². The maximum absolute atomic E-state index is 13.1. The lowest BCUT2D eigenvalue weighted by molar-refractivity contribution is -0.126. The molecule has 8 heteroatoms. The van der Waals surface area contributed by atoms with Gasteiger partial charge in [-0.25, -0.2) is 9.07 Å². The molecule has 1 fully saturated rings. The minimum atomic E-state index is -0.325. The second kappa shape index (κ2) is 8.42. The Morgan fingerprint density at radius 2 is 2.16 bits per heavy atom. The maximum Gasteiger partial charge on any atom is 0.240 e. The van der Waals surface area contributed by atoms with Crippen LogP contribution in [0.2, 0.25) is 0 Å². The number of rotatable bonds is 4. The molecule has 0 aliphatic carbocycles. The number of ether oxygens (including phenoxy) is 1. The van der Waals surface area contributed by atoms with Crippen molar-refractivity contribution in [3.63, 3.8) is 0 Å². The van der Waals surface area contributed by atoms with Gasteiger partial charge in [0.15, 0.2) is 0 Å². The Morgan fingerprint density at radius 1 is 1.44 bits per heavy atom. The fraction of sp³-hybridized carbons (Fsp3) is 0.412. The van der Waals surface area contributed by atoms with E-state index in [1.165, 1.54) is 12.1 Å². The quantitative estimate of drug-likeness (QED) is 0.865. The van der Waals surface area contributed by atoms with Crippen LogP contribution in [0.1, 0.15) is 24.2 Å². The first-order valence-corrected chi connectivity index (χ1v) is 7.98. The molecule has 6 nitrogen and oxygen atoms in total. The van der Waals surface area contributed by atoms with Crippen LogP contribution < -0.4 is 10.6 Å². The Labute approximate surface area is 152 Å². The molecule has 1 aliphatic heterocycles. The van der Waals surface area contributed by atoms with Crippen molar-refractivity contribution in [1.29, 1.82) is 0 Å². The van der Waals surface area contributed by atoms with Crippen LogP contribution in [0.3, 0.4) is 0 Å². The maximum atomic E-state index is 13.1. The Kier molecular flexibility index (Phi) is 6.52. The number of nitrogens with one attached hydrogen (secondary N) is 2. The summed E-state index contributed by atoms with van der Waals surface area (Å²) < 4.78 is 20.1. The monoisotopic (exact) mass is 368 g/mol. The summed E-state index contributed by atoms with van der Waals surface area (Å²) in [5.41, 5.74) is 2.60. The fourth-order valence-corrected chi connectivity index (χ4v) is 2.82. The van der Waals surface area contributed by atoms with Gasteiger partial charge >= 0.3 is 0 Å². The summed E-state index contributed by atoms with van der Waals surface area (Å²) in [6.07, 6.45) is 1.73. The Morgan fingerprint density at radius 3 is 2.80 bits per heavy atom. The van der Waals surface area contributed by atoms with Crippen LogP contribution in [0.25, 0.3) is 5.69 Å². The van der Waals surface area contributed by atoms with E-state index in [2.05, 4.69) is 15.7 Å². The van der Waals surface area contributed by atoms with Gasteiger partial charge < -0.3 is 15.4 Å². The van der Waals surface area contributed by atoms with E-state index in [9.17, 15) is 9.18 Å². The molecule has 2 aromatic rings. The summed E-state index contributed by atoms with van der Waals surface area (Å²) in [4.78, 5) is 12.3. The highest BCUT2D eigenvalue weighted by Crippen LogP contribution is 2.20. The highest BCUT2D eigenvalue weighted by molar-refractivity contribution is 5.85. The van der Waals surface area contributed by atoms with E-state index in [-0.39, 0.29) is 36.2 Å². The first-order valence-electron chi connectivity index (χ1n) is 7.98. The van der Waals surface area contributed by atoms with E-state index in [1.807, 2.05) is 13.8 Å². The standard InChI is InChI=1S/C17H21FN4O2.ClH/c1-11(21-17(23)16-10-24-8-7-19-16)15-9-20-22(12(15)2)14-5-3-13(18)4-6-14;/h3-6,9,11,16,19H,7-8,10H2,1-2H3,(H,21,23);1H. The first kappa shape index (κ1) is 19.4. The fourth-order valence-electron chi connectivity index (χ4n) is 2.82. The first-order chi connectivity index (χ1) is 11.6. The average Bonchev–Trinajstić information content (AvgIpc) is 2.98. The zero-order chi connectivity index (χ0) is 17.1. The molecular formula is C17H22ClFN4O2. The van der Waals surface area contributed by atoms with Crippen molar-refractivity contribution < 1.29 is 13.9 Å². The van der Waals surface area contributed by atoms with Gasteiger partial charge in [-0.3, -0.25) is 4.79 Å². The van der Waals surface area contributed by atoms with Crippen LogP contribution in [0.4, 0.5) is 4.39 Å². The third-order valence-electron chi connectivity index (χ3n) is 4.18. The van der Waals surface area contributed by atoms with Crippen LogP contribution in [0.15, 0.2) is 30.5 Å². The summed E-state index contributed by atoms with van der Waals surface area (Å²) in [6, 6.07) is 5.63. The van der Waals surface area contributed by atoms with Gasteiger partial charge in [-0.05, 0) is 38.1 Å². The van der Waals surface area contributed by atoms with Gasteiger partial charge in [0.2, 0.25) is 5.91 Å². The second-order valence-electron chi connectivity index (χ2n) is 5.89. The van der Waals surface area contributed by atoms with Crippen molar-refractivity contribution in [2.45, 2.75) is 25.9 Å².